The first-order valence-electron chi connectivity index (χ1n) is 3.26. The average Bonchev–Trinajstić information content (AvgIpc) is 1.64. The van der Waals surface area contributed by atoms with Crippen LogP contribution in [-0.4, -0.2) is 31.2 Å². The van der Waals surface area contributed by atoms with Crippen LogP contribution in [0.2, 0.25) is 0 Å². The van der Waals surface area contributed by atoms with Gasteiger partial charge in [-0.15, -0.1) is 0 Å². The van der Waals surface area contributed by atoms with Crippen molar-refractivity contribution in [2.75, 3.05) is 21.1 Å². The Balaban J connectivity index is 0. The lowest BCUT2D eigenvalue weighted by Gasteiger charge is -2.39. The molecular weight excluding hydrogens is 237 g/mol. The molecule has 10 heavy (non-hydrogen) atoms. The summed E-state index contributed by atoms with van der Waals surface area (Å²) in [4.78, 5) is 0. The Labute approximate surface area is 81.7 Å². The van der Waals surface area contributed by atoms with Crippen LogP contribution in [0.15, 0.2) is 12.7 Å². The first kappa shape index (κ1) is 13.1. The van der Waals surface area contributed by atoms with E-state index >= 15 is 0 Å². The molecule has 0 N–H and O–H groups in total. The lowest BCUT2D eigenvalue weighted by molar-refractivity contribution is -0.911. The van der Waals surface area contributed by atoms with Crippen molar-refractivity contribution in [2.45, 2.75) is 19.4 Å². The van der Waals surface area contributed by atoms with Gasteiger partial charge in [-0.05, 0) is 19.9 Å². The number of halogens is 1. The van der Waals surface area contributed by atoms with Crippen LogP contribution in [0.1, 0.15) is 13.8 Å². The van der Waals surface area contributed by atoms with Gasteiger partial charge >= 0.3 is 0 Å². The molecule has 0 aliphatic rings. The summed E-state index contributed by atoms with van der Waals surface area (Å²) in [7, 11) is 6.51. The number of quaternary nitrogens is 1. The summed E-state index contributed by atoms with van der Waals surface area (Å²) < 4.78 is 0.927. The third kappa shape index (κ3) is 3.01. The van der Waals surface area contributed by atoms with E-state index in [-0.39, 0.29) is 29.5 Å². The summed E-state index contributed by atoms with van der Waals surface area (Å²) in [5.41, 5.74) is 0.181. The van der Waals surface area contributed by atoms with Crippen molar-refractivity contribution in [1.29, 1.82) is 0 Å². The average molecular weight is 255 g/mol. The number of rotatable bonds is 2. The fourth-order valence-electron chi connectivity index (χ4n) is 0.274. The Morgan fingerprint density at radius 2 is 1.50 bits per heavy atom. The number of hydrogen-bond donors (Lipinski definition) is 0. The van der Waals surface area contributed by atoms with E-state index in [4.69, 9.17) is 0 Å². The van der Waals surface area contributed by atoms with Crippen molar-refractivity contribution in [3.63, 3.8) is 0 Å². The highest BCUT2D eigenvalue weighted by Gasteiger charge is 2.28. The lowest BCUT2D eigenvalue weighted by Crippen LogP contribution is -3.00. The van der Waals surface area contributed by atoms with Crippen molar-refractivity contribution in [2.24, 2.45) is 0 Å². The van der Waals surface area contributed by atoms with Gasteiger partial charge in [-0.25, -0.2) is 0 Å². The van der Waals surface area contributed by atoms with Gasteiger partial charge < -0.3 is 28.5 Å². The molecule has 0 rings (SSSR count). The molecule has 0 saturated carbocycles. The molecule has 1 nitrogen and oxygen atoms in total. The van der Waals surface area contributed by atoms with Crippen LogP contribution < -0.4 is 24.0 Å². The lowest BCUT2D eigenvalue weighted by atomic mass is 10.0. The van der Waals surface area contributed by atoms with Crippen LogP contribution in [0, 0.1) is 0 Å². The minimum Gasteiger partial charge on any atom is -1.00 e. The maximum absolute atomic E-state index is 3.78. The second kappa shape index (κ2) is 3.72. The molecule has 0 saturated heterocycles. The molecule has 0 amide bonds. The maximum atomic E-state index is 3.78. The molecule has 0 heterocycles. The van der Waals surface area contributed by atoms with Crippen LogP contribution >= 0.6 is 0 Å². The second-order valence-electron chi connectivity index (χ2n) is 3.87. The highest BCUT2D eigenvalue weighted by Crippen LogP contribution is 2.17. The van der Waals surface area contributed by atoms with Crippen LogP contribution in [0.3, 0.4) is 0 Å². The van der Waals surface area contributed by atoms with Crippen molar-refractivity contribution >= 4 is 0 Å². The fourth-order valence-corrected chi connectivity index (χ4v) is 0.274. The monoisotopic (exact) mass is 255 g/mol. The highest BCUT2D eigenvalue weighted by atomic mass is 127. The van der Waals surface area contributed by atoms with Gasteiger partial charge in [-0.3, -0.25) is 0 Å². The van der Waals surface area contributed by atoms with Crippen molar-refractivity contribution in [3.05, 3.63) is 12.7 Å². The quantitative estimate of drug-likeness (QED) is 0.325. The first-order chi connectivity index (χ1) is 3.81. The molecule has 0 aliphatic carbocycles. The zero-order chi connectivity index (χ0) is 7.71. The van der Waals surface area contributed by atoms with E-state index in [1.807, 2.05) is 6.08 Å². The van der Waals surface area contributed by atoms with Gasteiger partial charge in [-0.2, -0.15) is 0 Å². The smallest absolute Gasteiger partial charge is 0.111 e. The summed E-state index contributed by atoms with van der Waals surface area (Å²) in [6, 6.07) is 0. The summed E-state index contributed by atoms with van der Waals surface area (Å²) in [6.07, 6.45) is 1.99. The van der Waals surface area contributed by atoms with Gasteiger partial charge in [0.2, 0.25) is 0 Å². The van der Waals surface area contributed by atoms with E-state index in [0.717, 1.165) is 4.48 Å². The predicted molar refractivity (Wildman–Crippen MR) is 42.3 cm³/mol. The van der Waals surface area contributed by atoms with E-state index in [1.165, 1.54) is 0 Å². The van der Waals surface area contributed by atoms with Gasteiger partial charge in [0, 0.05) is 0 Å². The van der Waals surface area contributed by atoms with E-state index < -0.39 is 0 Å². The van der Waals surface area contributed by atoms with Gasteiger partial charge in [0.1, 0.15) is 5.54 Å². The van der Waals surface area contributed by atoms with Crippen LogP contribution in [0.5, 0.6) is 0 Å². The van der Waals surface area contributed by atoms with Crippen LogP contribution in [0.4, 0.5) is 0 Å². The summed E-state index contributed by atoms with van der Waals surface area (Å²) in [6.45, 7) is 8.14. The van der Waals surface area contributed by atoms with Crippen molar-refractivity contribution in [3.8, 4) is 0 Å². The zero-order valence-corrected chi connectivity index (χ0v) is 9.77. The molecule has 0 atom stereocenters. The van der Waals surface area contributed by atoms with Crippen LogP contribution in [0.25, 0.3) is 0 Å². The normalized spacial score (nSPS) is 12.1. The van der Waals surface area contributed by atoms with Gasteiger partial charge in [0.25, 0.3) is 0 Å². The fraction of sp³-hybridized carbons (Fsp3) is 0.750. The van der Waals surface area contributed by atoms with E-state index in [0.29, 0.717) is 0 Å². The van der Waals surface area contributed by atoms with E-state index in [2.05, 4.69) is 41.6 Å². The van der Waals surface area contributed by atoms with Crippen molar-refractivity contribution in [1.82, 2.24) is 0 Å². The Kier molecular flexibility index (Phi) is 4.85. The Bertz CT molecular complexity index is 111. The molecule has 62 valence electrons. The van der Waals surface area contributed by atoms with Crippen molar-refractivity contribution < 1.29 is 28.5 Å². The van der Waals surface area contributed by atoms with Gasteiger partial charge in [-0.1, -0.05) is 6.58 Å². The second-order valence-corrected chi connectivity index (χ2v) is 3.87. The topological polar surface area (TPSA) is 0 Å². The molecule has 0 aromatic heterocycles. The Hall–Kier alpha value is 0.430. The molecule has 0 radical (unpaired) electrons. The Morgan fingerprint density at radius 1 is 1.20 bits per heavy atom. The number of likely N-dealkylation sites (N-methyl/N-ethyl adjacent to an activating group) is 1. The molecule has 0 aromatic rings. The summed E-state index contributed by atoms with van der Waals surface area (Å²) in [5, 5.41) is 0. The third-order valence-corrected chi connectivity index (χ3v) is 2.23. The minimum absolute atomic E-state index is 0. The third-order valence-electron chi connectivity index (χ3n) is 2.23. The standard InChI is InChI=1S/C8H18N.HI/c1-7-8(2,3)9(4,5)6;/h7H,1H2,2-6H3;1H/q+1;/p-1. The molecule has 0 fully saturated rings. The molecule has 0 unspecified atom stereocenters. The number of hydrogen-bond acceptors (Lipinski definition) is 0. The molecule has 0 bridgehead atoms. The molecule has 2 heteroatoms. The molecule has 0 spiro atoms. The Morgan fingerprint density at radius 3 is 1.50 bits per heavy atom. The molecule has 0 aromatic carbocycles. The maximum Gasteiger partial charge on any atom is 0.111 e. The number of nitrogens with zero attached hydrogens (tertiary/aromatic N) is 1. The van der Waals surface area contributed by atoms with Gasteiger partial charge in [0.05, 0.1) is 21.1 Å². The van der Waals surface area contributed by atoms with Gasteiger partial charge in [0.15, 0.2) is 0 Å². The summed E-state index contributed by atoms with van der Waals surface area (Å²) >= 11 is 0. The first-order valence-corrected chi connectivity index (χ1v) is 3.26. The SMILES string of the molecule is C=CC(C)(C)[N+](C)(C)C.[I-]. The molecule has 0 aliphatic heterocycles. The largest absolute Gasteiger partial charge is 1.00 e. The molecular formula is C8H18IN. The summed E-state index contributed by atoms with van der Waals surface area (Å²) in [5.74, 6) is 0. The minimum atomic E-state index is 0. The van der Waals surface area contributed by atoms with E-state index in [1.54, 1.807) is 0 Å². The van der Waals surface area contributed by atoms with E-state index in [9.17, 15) is 0 Å². The predicted octanol–water partition coefficient (Wildman–Crippen LogP) is -1.34. The zero-order valence-electron chi connectivity index (χ0n) is 7.61. The van der Waals surface area contributed by atoms with Crippen LogP contribution in [-0.2, 0) is 0 Å². The highest BCUT2D eigenvalue weighted by molar-refractivity contribution is 4.88.